The third-order valence-electron chi connectivity index (χ3n) is 3.21. The standard InChI is InChI=1S/C16H19N3O2S/c1-12(20)18-14(15-6-4-8-22-15)9-16(21)19(2)11-13-5-3-7-17-10-13/h3-8,10,14H,9,11H2,1-2H3,(H,18,20). The fraction of sp³-hybridized carbons (Fsp3) is 0.312. The van der Waals surface area contributed by atoms with Crippen LogP contribution in [0.2, 0.25) is 0 Å². The van der Waals surface area contributed by atoms with Crippen molar-refractivity contribution in [1.82, 2.24) is 15.2 Å². The van der Waals surface area contributed by atoms with Gasteiger partial charge in [0.25, 0.3) is 0 Å². The van der Waals surface area contributed by atoms with E-state index in [0.717, 1.165) is 10.4 Å². The molecule has 1 N–H and O–H groups in total. The summed E-state index contributed by atoms with van der Waals surface area (Å²) in [5.74, 6) is -0.155. The van der Waals surface area contributed by atoms with Gasteiger partial charge in [0.15, 0.2) is 0 Å². The third-order valence-corrected chi connectivity index (χ3v) is 4.20. The van der Waals surface area contributed by atoms with E-state index in [2.05, 4.69) is 10.3 Å². The molecule has 0 bridgehead atoms. The summed E-state index contributed by atoms with van der Waals surface area (Å²) >= 11 is 1.54. The minimum absolute atomic E-state index is 0.0176. The number of aromatic nitrogens is 1. The molecule has 0 radical (unpaired) electrons. The molecule has 0 aliphatic heterocycles. The summed E-state index contributed by atoms with van der Waals surface area (Å²) in [5, 5.41) is 4.78. The van der Waals surface area contributed by atoms with Gasteiger partial charge in [-0.15, -0.1) is 11.3 Å². The molecular formula is C16H19N3O2S. The predicted octanol–water partition coefficient (Wildman–Crippen LogP) is 2.37. The molecule has 0 aliphatic rings. The highest BCUT2D eigenvalue weighted by molar-refractivity contribution is 7.10. The third kappa shape index (κ3) is 4.66. The molecule has 2 rings (SSSR count). The second-order valence-electron chi connectivity index (χ2n) is 5.08. The first-order valence-electron chi connectivity index (χ1n) is 6.99. The average Bonchev–Trinajstić information content (AvgIpc) is 3.01. The van der Waals surface area contributed by atoms with Crippen molar-refractivity contribution in [3.05, 3.63) is 52.5 Å². The Bertz CT molecular complexity index is 614. The number of carbonyl (C=O) groups is 2. The summed E-state index contributed by atoms with van der Waals surface area (Å²) in [4.78, 5) is 30.4. The lowest BCUT2D eigenvalue weighted by Gasteiger charge is -2.21. The van der Waals surface area contributed by atoms with Crippen LogP contribution < -0.4 is 5.32 Å². The molecule has 2 aromatic heterocycles. The van der Waals surface area contributed by atoms with Crippen LogP contribution in [-0.2, 0) is 16.1 Å². The van der Waals surface area contributed by atoms with Gasteiger partial charge in [0.2, 0.25) is 11.8 Å². The Morgan fingerprint density at radius 1 is 1.36 bits per heavy atom. The summed E-state index contributed by atoms with van der Waals surface area (Å²) < 4.78 is 0. The van der Waals surface area contributed by atoms with E-state index in [9.17, 15) is 9.59 Å². The number of carbonyl (C=O) groups excluding carboxylic acids is 2. The molecule has 0 saturated heterocycles. The quantitative estimate of drug-likeness (QED) is 0.889. The van der Waals surface area contributed by atoms with Gasteiger partial charge in [-0.3, -0.25) is 14.6 Å². The van der Waals surface area contributed by atoms with Crippen LogP contribution in [0.15, 0.2) is 42.0 Å². The van der Waals surface area contributed by atoms with Crippen molar-refractivity contribution in [2.75, 3.05) is 7.05 Å². The maximum atomic E-state index is 12.4. The number of pyridine rings is 1. The maximum Gasteiger partial charge on any atom is 0.225 e. The molecule has 1 atom stereocenters. The Morgan fingerprint density at radius 2 is 2.18 bits per heavy atom. The molecule has 5 nitrogen and oxygen atoms in total. The number of nitrogens with one attached hydrogen (secondary N) is 1. The van der Waals surface area contributed by atoms with Crippen molar-refractivity contribution in [2.24, 2.45) is 0 Å². The van der Waals surface area contributed by atoms with E-state index >= 15 is 0 Å². The fourth-order valence-corrected chi connectivity index (χ4v) is 2.92. The summed E-state index contributed by atoms with van der Waals surface area (Å²) in [6.45, 7) is 1.97. The summed E-state index contributed by atoms with van der Waals surface area (Å²) in [7, 11) is 1.76. The SMILES string of the molecule is CC(=O)NC(CC(=O)N(C)Cc1cccnc1)c1cccs1. The first-order valence-corrected chi connectivity index (χ1v) is 7.87. The second kappa shape index (κ2) is 7.70. The van der Waals surface area contributed by atoms with Crippen molar-refractivity contribution in [3.63, 3.8) is 0 Å². The van der Waals surface area contributed by atoms with E-state index < -0.39 is 0 Å². The largest absolute Gasteiger partial charge is 0.348 e. The molecule has 2 amide bonds. The van der Waals surface area contributed by atoms with Crippen molar-refractivity contribution in [3.8, 4) is 0 Å². The Hall–Kier alpha value is -2.21. The smallest absolute Gasteiger partial charge is 0.225 e. The first-order chi connectivity index (χ1) is 10.6. The molecule has 22 heavy (non-hydrogen) atoms. The van der Waals surface area contributed by atoms with E-state index in [1.165, 1.54) is 18.3 Å². The number of amides is 2. The molecule has 1 unspecified atom stereocenters. The molecule has 0 saturated carbocycles. The van der Waals surface area contributed by atoms with Crippen LogP contribution in [0.3, 0.4) is 0 Å². The number of hydrogen-bond acceptors (Lipinski definition) is 4. The van der Waals surface area contributed by atoms with Gasteiger partial charge in [-0.25, -0.2) is 0 Å². The van der Waals surface area contributed by atoms with E-state index in [0.29, 0.717) is 6.54 Å². The van der Waals surface area contributed by atoms with Gasteiger partial charge in [-0.1, -0.05) is 12.1 Å². The van der Waals surface area contributed by atoms with Crippen molar-refractivity contribution in [1.29, 1.82) is 0 Å². The highest BCUT2D eigenvalue weighted by Gasteiger charge is 2.20. The normalized spacial score (nSPS) is 11.7. The Labute approximate surface area is 134 Å². The van der Waals surface area contributed by atoms with Gasteiger partial charge in [0.05, 0.1) is 12.5 Å². The van der Waals surface area contributed by atoms with E-state index in [1.807, 2.05) is 29.6 Å². The number of hydrogen-bond donors (Lipinski definition) is 1. The van der Waals surface area contributed by atoms with Gasteiger partial charge >= 0.3 is 0 Å². The van der Waals surface area contributed by atoms with Crippen LogP contribution in [0.1, 0.15) is 29.8 Å². The van der Waals surface area contributed by atoms with Crippen molar-refractivity contribution < 1.29 is 9.59 Å². The topological polar surface area (TPSA) is 62.3 Å². The number of nitrogens with zero attached hydrogens (tertiary/aromatic N) is 2. The Balaban J connectivity index is 1.99. The summed E-state index contributed by atoms with van der Waals surface area (Å²) in [6, 6.07) is 7.35. The van der Waals surface area contributed by atoms with Crippen LogP contribution in [0.4, 0.5) is 0 Å². The minimum atomic E-state index is -0.277. The molecule has 2 heterocycles. The zero-order valence-corrected chi connectivity index (χ0v) is 13.5. The van der Waals surface area contributed by atoms with Crippen LogP contribution in [0.5, 0.6) is 0 Å². The van der Waals surface area contributed by atoms with Gasteiger partial charge < -0.3 is 10.2 Å². The number of thiophene rings is 1. The second-order valence-corrected chi connectivity index (χ2v) is 6.06. The Morgan fingerprint density at radius 3 is 2.77 bits per heavy atom. The van der Waals surface area contributed by atoms with Crippen LogP contribution in [-0.4, -0.2) is 28.7 Å². The molecule has 6 heteroatoms. The first kappa shape index (κ1) is 16.2. The molecule has 0 aromatic carbocycles. The Kier molecular flexibility index (Phi) is 5.66. The molecule has 0 aliphatic carbocycles. The minimum Gasteiger partial charge on any atom is -0.348 e. The van der Waals surface area contributed by atoms with Crippen molar-refractivity contribution in [2.45, 2.75) is 25.9 Å². The monoisotopic (exact) mass is 317 g/mol. The zero-order valence-electron chi connectivity index (χ0n) is 12.7. The van der Waals surface area contributed by atoms with E-state index in [-0.39, 0.29) is 24.3 Å². The van der Waals surface area contributed by atoms with Gasteiger partial charge in [0.1, 0.15) is 0 Å². The van der Waals surface area contributed by atoms with Crippen molar-refractivity contribution >= 4 is 23.2 Å². The van der Waals surface area contributed by atoms with Crippen LogP contribution in [0.25, 0.3) is 0 Å². The highest BCUT2D eigenvalue weighted by atomic mass is 32.1. The lowest BCUT2D eigenvalue weighted by atomic mass is 10.1. The van der Waals surface area contributed by atoms with E-state index in [1.54, 1.807) is 24.3 Å². The fourth-order valence-electron chi connectivity index (χ4n) is 2.14. The summed E-state index contributed by atoms with van der Waals surface area (Å²) in [6.07, 6.45) is 3.69. The zero-order chi connectivity index (χ0) is 15.9. The highest BCUT2D eigenvalue weighted by Crippen LogP contribution is 2.23. The van der Waals surface area contributed by atoms with E-state index in [4.69, 9.17) is 0 Å². The number of rotatable bonds is 6. The predicted molar refractivity (Wildman–Crippen MR) is 86.2 cm³/mol. The molecule has 0 fully saturated rings. The van der Waals surface area contributed by atoms with Crippen LogP contribution in [0, 0.1) is 0 Å². The maximum absolute atomic E-state index is 12.4. The lowest BCUT2D eigenvalue weighted by Crippen LogP contribution is -2.33. The summed E-state index contributed by atoms with van der Waals surface area (Å²) in [5.41, 5.74) is 0.977. The van der Waals surface area contributed by atoms with Gasteiger partial charge in [-0.2, -0.15) is 0 Å². The van der Waals surface area contributed by atoms with Gasteiger partial charge in [-0.05, 0) is 23.1 Å². The average molecular weight is 317 g/mol. The van der Waals surface area contributed by atoms with Crippen LogP contribution >= 0.6 is 11.3 Å². The molecule has 0 spiro atoms. The molecular weight excluding hydrogens is 298 g/mol. The molecule has 2 aromatic rings. The molecule has 116 valence electrons. The lowest BCUT2D eigenvalue weighted by molar-refractivity contribution is -0.131. The van der Waals surface area contributed by atoms with Gasteiger partial charge in [0, 0.05) is 37.8 Å².